The second-order valence-corrected chi connectivity index (χ2v) is 7.67. The lowest BCUT2D eigenvalue weighted by molar-refractivity contribution is 0.250. The molecule has 5 nitrogen and oxygen atoms in total. The summed E-state index contributed by atoms with van der Waals surface area (Å²) in [5.41, 5.74) is 5.92. The second kappa shape index (κ2) is 6.96. The first-order valence-corrected chi connectivity index (χ1v) is 9.01. The second-order valence-electron chi connectivity index (χ2n) is 5.50. The molecule has 3 N–H and O–H groups in total. The van der Waals surface area contributed by atoms with Crippen molar-refractivity contribution in [1.82, 2.24) is 9.62 Å². The van der Waals surface area contributed by atoms with Gasteiger partial charge in [-0.3, -0.25) is 0 Å². The van der Waals surface area contributed by atoms with Gasteiger partial charge in [0.1, 0.15) is 4.90 Å². The van der Waals surface area contributed by atoms with Crippen molar-refractivity contribution in [2.75, 3.05) is 25.9 Å². The largest absolute Gasteiger partial charge is 0.398 e. The highest BCUT2D eigenvalue weighted by Crippen LogP contribution is 2.23. The van der Waals surface area contributed by atoms with Crippen molar-refractivity contribution < 1.29 is 8.42 Å². The third-order valence-corrected chi connectivity index (χ3v) is 5.72. The third-order valence-electron chi connectivity index (χ3n) is 3.97. The van der Waals surface area contributed by atoms with E-state index < -0.39 is 10.0 Å². The van der Waals surface area contributed by atoms with E-state index in [-0.39, 0.29) is 10.6 Å². The Hall–Kier alpha value is -0.820. The highest BCUT2D eigenvalue weighted by molar-refractivity contribution is 7.89. The summed E-state index contributed by atoms with van der Waals surface area (Å²) in [6, 6.07) is 5.02. The van der Waals surface area contributed by atoms with Gasteiger partial charge in [-0.1, -0.05) is 24.4 Å². The predicted molar refractivity (Wildman–Crippen MR) is 85.9 cm³/mol. The summed E-state index contributed by atoms with van der Waals surface area (Å²) in [7, 11) is -1.58. The van der Waals surface area contributed by atoms with E-state index in [9.17, 15) is 8.42 Å². The Morgan fingerprint density at radius 3 is 2.71 bits per heavy atom. The Labute approximate surface area is 131 Å². The topological polar surface area (TPSA) is 75.4 Å². The smallest absolute Gasteiger partial charge is 0.242 e. The zero-order valence-corrected chi connectivity index (χ0v) is 13.8. The monoisotopic (exact) mass is 331 g/mol. The third kappa shape index (κ3) is 4.32. The lowest BCUT2D eigenvalue weighted by atomic mass is 10.2. The number of benzene rings is 1. The van der Waals surface area contributed by atoms with Crippen LogP contribution in [-0.4, -0.2) is 39.5 Å². The average Bonchev–Trinajstić information content (AvgIpc) is 2.95. The number of rotatable bonds is 6. The first-order valence-electron chi connectivity index (χ1n) is 7.15. The molecule has 0 aromatic heterocycles. The fourth-order valence-corrected chi connectivity index (χ4v) is 4.12. The van der Waals surface area contributed by atoms with E-state index in [4.69, 9.17) is 17.3 Å². The number of anilines is 1. The van der Waals surface area contributed by atoms with E-state index in [1.54, 1.807) is 6.07 Å². The summed E-state index contributed by atoms with van der Waals surface area (Å²) in [5.74, 6) is 0. The summed E-state index contributed by atoms with van der Waals surface area (Å²) in [4.78, 5) is 2.26. The van der Waals surface area contributed by atoms with Gasteiger partial charge < -0.3 is 10.6 Å². The molecule has 21 heavy (non-hydrogen) atoms. The number of hydrogen-bond donors (Lipinski definition) is 2. The summed E-state index contributed by atoms with van der Waals surface area (Å²) >= 11 is 5.84. The maximum absolute atomic E-state index is 12.2. The van der Waals surface area contributed by atoms with Gasteiger partial charge in [0.25, 0.3) is 0 Å². The van der Waals surface area contributed by atoms with Crippen molar-refractivity contribution >= 4 is 27.3 Å². The maximum Gasteiger partial charge on any atom is 0.242 e. The molecule has 2 rings (SSSR count). The quantitative estimate of drug-likeness (QED) is 0.782. The molecular formula is C14H22ClN3O2S. The number of nitrogens with one attached hydrogen (secondary N) is 1. The van der Waals surface area contributed by atoms with Crippen molar-refractivity contribution in [1.29, 1.82) is 0 Å². The van der Waals surface area contributed by atoms with Crippen LogP contribution in [0.25, 0.3) is 0 Å². The average molecular weight is 332 g/mol. The van der Waals surface area contributed by atoms with Gasteiger partial charge in [-0.05, 0) is 38.1 Å². The maximum atomic E-state index is 12.2. The molecule has 0 saturated heterocycles. The van der Waals surface area contributed by atoms with Crippen LogP contribution in [0.2, 0.25) is 5.02 Å². The van der Waals surface area contributed by atoms with Gasteiger partial charge in [-0.2, -0.15) is 0 Å². The number of halogens is 1. The van der Waals surface area contributed by atoms with Gasteiger partial charge in [-0.25, -0.2) is 13.1 Å². The van der Waals surface area contributed by atoms with Crippen LogP contribution < -0.4 is 10.5 Å². The standard InChI is InChI=1S/C14H22ClN3O2S/c1-18(12-4-2-3-5-12)9-8-17-21(19,20)14-10-11(15)6-7-13(14)16/h6-7,10,12,17H,2-5,8-9,16H2,1H3. The zero-order valence-electron chi connectivity index (χ0n) is 12.2. The molecule has 1 aromatic rings. The molecule has 0 spiro atoms. The fraction of sp³-hybridized carbons (Fsp3) is 0.571. The summed E-state index contributed by atoms with van der Waals surface area (Å²) < 4.78 is 27.1. The van der Waals surface area contributed by atoms with Crippen LogP contribution in [0.15, 0.2) is 23.1 Å². The molecular weight excluding hydrogens is 310 g/mol. The predicted octanol–water partition coefficient (Wildman–Crippen LogP) is 2.07. The minimum Gasteiger partial charge on any atom is -0.398 e. The number of likely N-dealkylation sites (N-methyl/N-ethyl adjacent to an activating group) is 1. The molecule has 0 amide bonds. The first-order chi connectivity index (χ1) is 9.90. The molecule has 0 radical (unpaired) electrons. The van der Waals surface area contributed by atoms with Crippen LogP contribution in [-0.2, 0) is 10.0 Å². The van der Waals surface area contributed by atoms with E-state index in [1.807, 2.05) is 7.05 Å². The normalized spacial score (nSPS) is 16.7. The van der Waals surface area contributed by atoms with Crippen molar-refractivity contribution in [2.45, 2.75) is 36.6 Å². The van der Waals surface area contributed by atoms with E-state index in [2.05, 4.69) is 9.62 Å². The van der Waals surface area contributed by atoms with Crippen LogP contribution in [0.3, 0.4) is 0 Å². The summed E-state index contributed by atoms with van der Waals surface area (Å²) in [6.45, 7) is 1.05. The minimum absolute atomic E-state index is 0.0403. The highest BCUT2D eigenvalue weighted by Gasteiger charge is 2.21. The van der Waals surface area contributed by atoms with Crippen LogP contribution in [0, 0.1) is 0 Å². The van der Waals surface area contributed by atoms with E-state index in [0.29, 0.717) is 24.2 Å². The molecule has 0 aliphatic heterocycles. The Morgan fingerprint density at radius 1 is 1.38 bits per heavy atom. The van der Waals surface area contributed by atoms with E-state index in [0.717, 1.165) is 0 Å². The van der Waals surface area contributed by atoms with Gasteiger partial charge in [0.2, 0.25) is 10.0 Å². The number of hydrogen-bond acceptors (Lipinski definition) is 4. The lowest BCUT2D eigenvalue weighted by Crippen LogP contribution is -2.37. The lowest BCUT2D eigenvalue weighted by Gasteiger charge is -2.23. The summed E-state index contributed by atoms with van der Waals surface area (Å²) in [6.07, 6.45) is 4.93. The fourth-order valence-electron chi connectivity index (χ4n) is 2.70. The van der Waals surface area contributed by atoms with Crippen molar-refractivity contribution in [3.05, 3.63) is 23.2 Å². The minimum atomic E-state index is -3.62. The SMILES string of the molecule is CN(CCNS(=O)(=O)c1cc(Cl)ccc1N)C1CCCC1. The molecule has 0 heterocycles. The molecule has 1 aromatic carbocycles. The Kier molecular flexibility index (Phi) is 5.48. The zero-order chi connectivity index (χ0) is 15.5. The molecule has 118 valence electrons. The Morgan fingerprint density at radius 2 is 2.05 bits per heavy atom. The van der Waals surface area contributed by atoms with Gasteiger partial charge in [-0.15, -0.1) is 0 Å². The van der Waals surface area contributed by atoms with Crippen LogP contribution in [0.1, 0.15) is 25.7 Å². The highest BCUT2D eigenvalue weighted by atomic mass is 35.5. The molecule has 0 unspecified atom stereocenters. The van der Waals surface area contributed by atoms with Crippen molar-refractivity contribution in [2.24, 2.45) is 0 Å². The van der Waals surface area contributed by atoms with Crippen molar-refractivity contribution in [3.8, 4) is 0 Å². The number of nitrogens with two attached hydrogens (primary N) is 1. The van der Waals surface area contributed by atoms with Crippen LogP contribution >= 0.6 is 11.6 Å². The number of sulfonamides is 1. The van der Waals surface area contributed by atoms with Crippen LogP contribution in [0.5, 0.6) is 0 Å². The Balaban J connectivity index is 1.93. The van der Waals surface area contributed by atoms with Crippen molar-refractivity contribution in [3.63, 3.8) is 0 Å². The van der Waals surface area contributed by atoms with Crippen LogP contribution in [0.4, 0.5) is 5.69 Å². The molecule has 1 fully saturated rings. The van der Waals surface area contributed by atoms with E-state index >= 15 is 0 Å². The van der Waals surface area contributed by atoms with E-state index in [1.165, 1.54) is 37.8 Å². The first kappa shape index (κ1) is 16.5. The van der Waals surface area contributed by atoms with Gasteiger partial charge in [0.15, 0.2) is 0 Å². The molecule has 7 heteroatoms. The number of nitrogens with zero attached hydrogens (tertiary/aromatic N) is 1. The Bertz CT molecular complexity index is 586. The molecule has 0 atom stereocenters. The van der Waals surface area contributed by atoms with Gasteiger partial charge >= 0.3 is 0 Å². The number of nitrogen functional groups attached to an aromatic ring is 1. The molecule has 0 bridgehead atoms. The molecule has 1 aliphatic carbocycles. The molecule has 1 aliphatic rings. The van der Waals surface area contributed by atoms with Gasteiger partial charge in [0, 0.05) is 24.2 Å². The van der Waals surface area contributed by atoms with Gasteiger partial charge in [0.05, 0.1) is 5.69 Å². The summed E-state index contributed by atoms with van der Waals surface area (Å²) in [5, 5.41) is 0.354. The molecule has 1 saturated carbocycles.